The summed E-state index contributed by atoms with van der Waals surface area (Å²) in [5, 5.41) is 5.83. The average molecular weight is 421 g/mol. The number of aryl methyl sites for hydroxylation is 1. The molecule has 0 aliphatic heterocycles. The lowest BCUT2D eigenvalue weighted by molar-refractivity contribution is 0.0939. The summed E-state index contributed by atoms with van der Waals surface area (Å²) >= 11 is 1.51. The van der Waals surface area contributed by atoms with E-state index in [0.29, 0.717) is 11.3 Å². The van der Waals surface area contributed by atoms with Crippen LogP contribution in [0.3, 0.4) is 0 Å². The molecule has 1 unspecified atom stereocenters. The molecule has 4 aromatic rings. The van der Waals surface area contributed by atoms with Crippen molar-refractivity contribution >= 4 is 17.2 Å². The van der Waals surface area contributed by atoms with Crippen molar-refractivity contribution in [1.82, 2.24) is 19.9 Å². The first-order valence-corrected chi connectivity index (χ1v) is 10.4. The number of amides is 1. The highest BCUT2D eigenvalue weighted by molar-refractivity contribution is 7.10. The van der Waals surface area contributed by atoms with Crippen molar-refractivity contribution in [1.29, 1.82) is 0 Å². The molecule has 0 spiro atoms. The summed E-state index contributed by atoms with van der Waals surface area (Å²) in [6.07, 6.45) is 3.46. The van der Waals surface area contributed by atoms with Gasteiger partial charge >= 0.3 is 0 Å². The molecule has 3 heterocycles. The minimum atomic E-state index is -0.312. The van der Waals surface area contributed by atoms with E-state index in [4.69, 9.17) is 0 Å². The zero-order chi connectivity index (χ0) is 21.3. The van der Waals surface area contributed by atoms with Crippen LogP contribution in [-0.2, 0) is 0 Å². The molecule has 1 atom stereocenters. The summed E-state index contributed by atoms with van der Waals surface area (Å²) in [5.41, 5.74) is 4.74. The summed E-state index contributed by atoms with van der Waals surface area (Å²) in [7, 11) is 0. The minimum Gasteiger partial charge on any atom is -0.343 e. The molecule has 0 fully saturated rings. The Labute approximate surface area is 178 Å². The number of aromatic nitrogens is 3. The van der Waals surface area contributed by atoms with Gasteiger partial charge < -0.3 is 9.88 Å². The zero-order valence-electron chi connectivity index (χ0n) is 16.9. The molecule has 0 saturated heterocycles. The van der Waals surface area contributed by atoms with Gasteiger partial charge in [-0.05, 0) is 57.2 Å². The van der Waals surface area contributed by atoms with Crippen molar-refractivity contribution in [2.24, 2.45) is 0 Å². The maximum atomic E-state index is 13.7. The molecule has 7 heteroatoms. The zero-order valence-corrected chi connectivity index (χ0v) is 17.7. The van der Waals surface area contributed by atoms with Crippen LogP contribution < -0.4 is 5.32 Å². The highest BCUT2D eigenvalue weighted by Gasteiger charge is 2.20. The Morgan fingerprint density at radius 3 is 2.67 bits per heavy atom. The minimum absolute atomic E-state index is 0.182. The van der Waals surface area contributed by atoms with Gasteiger partial charge in [-0.15, -0.1) is 11.3 Å². The van der Waals surface area contributed by atoms with E-state index in [1.54, 1.807) is 18.5 Å². The second-order valence-corrected chi connectivity index (χ2v) is 7.99. The number of hydrogen-bond acceptors (Lipinski definition) is 4. The summed E-state index contributed by atoms with van der Waals surface area (Å²) in [5.74, 6) is -0.493. The van der Waals surface area contributed by atoms with Gasteiger partial charge in [-0.3, -0.25) is 9.78 Å². The van der Waals surface area contributed by atoms with E-state index < -0.39 is 0 Å². The Bertz CT molecular complexity index is 1200. The summed E-state index contributed by atoms with van der Waals surface area (Å²) in [6.45, 7) is 5.68. The Hall–Kier alpha value is -3.32. The number of nitrogens with one attached hydrogen (secondary N) is 1. The number of carbonyl (C=O) groups excluding carboxylic acids is 1. The third kappa shape index (κ3) is 3.89. The Balaban J connectivity index is 1.55. The standard InChI is InChI=1S/C23H21FN4OS/c1-14-11-20(16(3)28(14)19-6-4-5-18(24)12-19)22(29)26-15(2)23-27-21(13-30-23)17-7-9-25-10-8-17/h4-13,15H,1-3H3,(H,26,29). The van der Waals surface area contributed by atoms with Crippen molar-refractivity contribution in [2.45, 2.75) is 26.8 Å². The van der Waals surface area contributed by atoms with E-state index in [2.05, 4.69) is 15.3 Å². The highest BCUT2D eigenvalue weighted by atomic mass is 32.1. The highest BCUT2D eigenvalue weighted by Crippen LogP contribution is 2.26. The molecule has 3 aromatic heterocycles. The van der Waals surface area contributed by atoms with Gasteiger partial charge in [0.05, 0.1) is 17.3 Å². The van der Waals surface area contributed by atoms with Crippen LogP contribution in [0.5, 0.6) is 0 Å². The lowest BCUT2D eigenvalue weighted by atomic mass is 10.2. The van der Waals surface area contributed by atoms with E-state index in [9.17, 15) is 9.18 Å². The first kappa shape index (κ1) is 20.0. The fraction of sp³-hybridized carbons (Fsp3) is 0.174. The predicted octanol–water partition coefficient (Wildman–Crippen LogP) is 5.24. The number of benzene rings is 1. The lowest BCUT2D eigenvalue weighted by Gasteiger charge is -2.12. The van der Waals surface area contributed by atoms with Crippen LogP contribution in [0.2, 0.25) is 0 Å². The van der Waals surface area contributed by atoms with E-state index in [0.717, 1.165) is 27.7 Å². The first-order valence-electron chi connectivity index (χ1n) is 9.55. The van der Waals surface area contributed by atoms with Gasteiger partial charge in [-0.25, -0.2) is 9.37 Å². The second kappa shape index (κ2) is 8.20. The summed E-state index contributed by atoms with van der Waals surface area (Å²) in [4.78, 5) is 21.6. The maximum Gasteiger partial charge on any atom is 0.253 e. The number of rotatable bonds is 5. The number of hydrogen-bond donors (Lipinski definition) is 1. The van der Waals surface area contributed by atoms with Gasteiger partial charge in [-0.2, -0.15) is 0 Å². The summed E-state index contributed by atoms with van der Waals surface area (Å²) in [6, 6.07) is 11.7. The van der Waals surface area contributed by atoms with Crippen LogP contribution >= 0.6 is 11.3 Å². The normalized spacial score (nSPS) is 12.0. The third-order valence-electron chi connectivity index (χ3n) is 4.96. The van der Waals surface area contributed by atoms with Crippen molar-refractivity contribution in [2.75, 3.05) is 0 Å². The van der Waals surface area contributed by atoms with Crippen LogP contribution in [0.25, 0.3) is 16.9 Å². The largest absolute Gasteiger partial charge is 0.343 e. The molecule has 0 radical (unpaired) electrons. The molecule has 1 N–H and O–H groups in total. The van der Waals surface area contributed by atoms with Gasteiger partial charge in [0.15, 0.2) is 0 Å². The van der Waals surface area contributed by atoms with Crippen LogP contribution in [0.4, 0.5) is 4.39 Å². The van der Waals surface area contributed by atoms with Crippen LogP contribution in [0, 0.1) is 19.7 Å². The van der Waals surface area contributed by atoms with Crippen molar-refractivity contribution < 1.29 is 9.18 Å². The molecule has 1 amide bonds. The van der Waals surface area contributed by atoms with Gasteiger partial charge in [0.2, 0.25) is 0 Å². The molecule has 30 heavy (non-hydrogen) atoms. The molecule has 0 aliphatic rings. The number of nitrogens with zero attached hydrogens (tertiary/aromatic N) is 3. The maximum absolute atomic E-state index is 13.7. The summed E-state index contributed by atoms with van der Waals surface area (Å²) < 4.78 is 15.5. The molecule has 1 aromatic carbocycles. The predicted molar refractivity (Wildman–Crippen MR) is 116 cm³/mol. The molecule has 0 saturated carbocycles. The number of halogens is 1. The van der Waals surface area contributed by atoms with Crippen LogP contribution in [-0.4, -0.2) is 20.4 Å². The van der Waals surface area contributed by atoms with Gasteiger partial charge in [0.25, 0.3) is 5.91 Å². The fourth-order valence-corrected chi connectivity index (χ4v) is 4.32. The third-order valence-corrected chi connectivity index (χ3v) is 5.99. The molecule has 5 nitrogen and oxygen atoms in total. The first-order chi connectivity index (χ1) is 14.4. The Kier molecular flexibility index (Phi) is 5.46. The van der Waals surface area contributed by atoms with Gasteiger partial charge in [0, 0.05) is 40.4 Å². The molecule has 0 bridgehead atoms. The number of thiazole rings is 1. The van der Waals surface area contributed by atoms with E-state index in [1.807, 2.05) is 55.0 Å². The van der Waals surface area contributed by atoms with Crippen molar-refractivity contribution in [3.8, 4) is 16.9 Å². The molecule has 4 rings (SSSR count). The SMILES string of the molecule is Cc1cc(C(=O)NC(C)c2nc(-c3ccncc3)cs2)c(C)n1-c1cccc(F)c1. The van der Waals surface area contributed by atoms with Crippen molar-refractivity contribution in [3.63, 3.8) is 0 Å². The van der Waals surface area contributed by atoms with E-state index in [1.165, 1.54) is 23.5 Å². The lowest BCUT2D eigenvalue weighted by Crippen LogP contribution is -2.27. The fourth-order valence-electron chi connectivity index (χ4n) is 3.48. The van der Waals surface area contributed by atoms with Crippen molar-refractivity contribution in [3.05, 3.63) is 88.0 Å². The van der Waals surface area contributed by atoms with Gasteiger partial charge in [-0.1, -0.05) is 6.07 Å². The van der Waals surface area contributed by atoms with Gasteiger partial charge in [0.1, 0.15) is 10.8 Å². The molecular weight excluding hydrogens is 399 g/mol. The number of carbonyl (C=O) groups is 1. The topological polar surface area (TPSA) is 59.8 Å². The quantitative estimate of drug-likeness (QED) is 0.480. The Morgan fingerprint density at radius 2 is 1.93 bits per heavy atom. The molecule has 152 valence electrons. The second-order valence-electron chi connectivity index (χ2n) is 7.10. The monoisotopic (exact) mass is 420 g/mol. The smallest absolute Gasteiger partial charge is 0.253 e. The Morgan fingerprint density at radius 1 is 1.17 bits per heavy atom. The van der Waals surface area contributed by atoms with E-state index in [-0.39, 0.29) is 17.8 Å². The molecular formula is C23H21FN4OS. The van der Waals surface area contributed by atoms with Crippen LogP contribution in [0.1, 0.15) is 39.7 Å². The van der Waals surface area contributed by atoms with E-state index >= 15 is 0 Å². The number of pyridine rings is 1. The van der Waals surface area contributed by atoms with Crippen LogP contribution in [0.15, 0.2) is 60.2 Å². The molecule has 0 aliphatic carbocycles. The average Bonchev–Trinajstić information content (AvgIpc) is 3.33.